The quantitative estimate of drug-likeness (QED) is 0.668. The molecule has 0 N–H and O–H groups in total. The third-order valence-electron chi connectivity index (χ3n) is 4.65. The topological polar surface area (TPSA) is 29.0 Å². The van der Waals surface area contributed by atoms with E-state index in [0.717, 1.165) is 17.1 Å². The highest BCUT2D eigenvalue weighted by atomic mass is 35.5. The van der Waals surface area contributed by atoms with Gasteiger partial charge in [0.25, 0.3) is 0 Å². The number of rotatable bonds is 4. The van der Waals surface area contributed by atoms with Crippen molar-refractivity contribution in [2.45, 2.75) is 44.9 Å². The Morgan fingerprint density at radius 2 is 1.83 bits per heavy atom. The molecule has 0 atom stereocenters. The van der Waals surface area contributed by atoms with Gasteiger partial charge in [-0.05, 0) is 43.4 Å². The molecule has 4 heteroatoms. The van der Waals surface area contributed by atoms with Crippen LogP contribution in [-0.4, -0.2) is 9.97 Å². The van der Waals surface area contributed by atoms with Crippen molar-refractivity contribution in [3.63, 3.8) is 0 Å². The van der Waals surface area contributed by atoms with Crippen LogP contribution in [0.3, 0.4) is 0 Å². The van der Waals surface area contributed by atoms with Crippen molar-refractivity contribution in [1.29, 1.82) is 0 Å². The number of benzene rings is 1. The molecule has 1 aliphatic rings. The maximum Gasteiger partial charge on any atom is 0.144 e. The maximum absolute atomic E-state index is 6.12. The van der Waals surface area contributed by atoms with Crippen molar-refractivity contribution >= 4 is 23.1 Å². The molecule has 0 amide bonds. The van der Waals surface area contributed by atoms with E-state index >= 15 is 0 Å². The van der Waals surface area contributed by atoms with Crippen molar-refractivity contribution < 1.29 is 0 Å². The fourth-order valence-electron chi connectivity index (χ4n) is 3.32. The van der Waals surface area contributed by atoms with Crippen LogP contribution in [0.4, 0.5) is 11.5 Å². The van der Waals surface area contributed by atoms with Gasteiger partial charge in [-0.3, -0.25) is 0 Å². The van der Waals surface area contributed by atoms with Crippen molar-refractivity contribution in [3.05, 3.63) is 59.7 Å². The first kappa shape index (κ1) is 16.0. The number of anilines is 2. The van der Waals surface area contributed by atoms with Crippen LogP contribution in [0.5, 0.6) is 0 Å². The molecule has 0 aliphatic heterocycles. The molecule has 0 spiro atoms. The van der Waals surface area contributed by atoms with Gasteiger partial charge in [0.1, 0.15) is 17.3 Å². The molecular formula is C19H22ClN3. The van der Waals surface area contributed by atoms with Gasteiger partial charge in [0, 0.05) is 17.5 Å². The number of aromatic nitrogens is 2. The Balaban J connectivity index is 1.87. The highest BCUT2D eigenvalue weighted by molar-refractivity contribution is 6.30. The zero-order chi connectivity index (χ0) is 16.2. The van der Waals surface area contributed by atoms with Crippen LogP contribution in [0.2, 0.25) is 5.15 Å². The summed E-state index contributed by atoms with van der Waals surface area (Å²) in [6.07, 6.45) is 9.95. The summed E-state index contributed by atoms with van der Waals surface area (Å²) < 4.78 is 0. The lowest BCUT2D eigenvalue weighted by atomic mass is 9.84. The zero-order valence-electron chi connectivity index (χ0n) is 13.5. The monoisotopic (exact) mass is 327 g/mol. The second-order valence-corrected chi connectivity index (χ2v) is 6.45. The third-order valence-corrected chi connectivity index (χ3v) is 5.04. The summed E-state index contributed by atoms with van der Waals surface area (Å²) in [7, 11) is 0. The highest BCUT2D eigenvalue weighted by Crippen LogP contribution is 2.35. The molecule has 0 saturated heterocycles. The molecule has 23 heavy (non-hydrogen) atoms. The van der Waals surface area contributed by atoms with Crippen LogP contribution in [0, 0.1) is 6.92 Å². The average Bonchev–Trinajstić information content (AvgIpc) is 2.61. The molecule has 0 unspecified atom stereocenters. The molecule has 2 aromatic rings. The summed E-state index contributed by atoms with van der Waals surface area (Å²) in [6.45, 7) is 5.84. The van der Waals surface area contributed by atoms with E-state index in [4.69, 9.17) is 11.6 Å². The summed E-state index contributed by atoms with van der Waals surface area (Å²) in [6, 6.07) is 8.75. The van der Waals surface area contributed by atoms with E-state index in [9.17, 15) is 0 Å². The number of nitrogens with zero attached hydrogens (tertiary/aromatic N) is 3. The Labute approximate surface area is 143 Å². The Hall–Kier alpha value is -1.87. The van der Waals surface area contributed by atoms with Gasteiger partial charge in [0.15, 0.2) is 0 Å². The van der Waals surface area contributed by atoms with E-state index in [2.05, 4.69) is 40.8 Å². The van der Waals surface area contributed by atoms with Gasteiger partial charge in [-0.1, -0.05) is 49.6 Å². The van der Waals surface area contributed by atoms with Crippen molar-refractivity contribution in [3.8, 4) is 0 Å². The summed E-state index contributed by atoms with van der Waals surface area (Å²) in [4.78, 5) is 10.3. The number of hydrogen-bond acceptors (Lipinski definition) is 3. The van der Waals surface area contributed by atoms with Gasteiger partial charge in [-0.25, -0.2) is 9.97 Å². The minimum atomic E-state index is 0.473. The largest absolute Gasteiger partial charge is 0.302 e. The molecule has 120 valence electrons. The van der Waals surface area contributed by atoms with Gasteiger partial charge in [0.05, 0.1) is 0 Å². The lowest BCUT2D eigenvalue weighted by Crippen LogP contribution is -2.12. The fraction of sp³-hybridized carbons (Fsp3) is 0.368. The van der Waals surface area contributed by atoms with Gasteiger partial charge in [-0.15, -0.1) is 0 Å². The van der Waals surface area contributed by atoms with Crippen LogP contribution in [-0.2, 0) is 0 Å². The van der Waals surface area contributed by atoms with Gasteiger partial charge in [-0.2, -0.15) is 0 Å². The van der Waals surface area contributed by atoms with Crippen LogP contribution in [0.25, 0.3) is 0 Å². The lowest BCUT2D eigenvalue weighted by Gasteiger charge is -2.24. The predicted octanol–water partition coefficient (Wildman–Crippen LogP) is 5.77. The predicted molar refractivity (Wildman–Crippen MR) is 96.4 cm³/mol. The summed E-state index contributed by atoms with van der Waals surface area (Å²) >= 11 is 6.12. The van der Waals surface area contributed by atoms with Gasteiger partial charge in [0.2, 0.25) is 0 Å². The fourth-order valence-corrected chi connectivity index (χ4v) is 3.45. The van der Waals surface area contributed by atoms with E-state index in [1.165, 1.54) is 44.0 Å². The molecule has 1 aromatic carbocycles. The molecule has 1 aromatic heterocycles. The standard InChI is InChI=1S/C19H22ClN3/c1-3-23(19-14(2)18(20)21-13-22-19)17-11-9-16(10-12-17)15-7-5-4-6-8-15/h3,9-13,15H,1,4-8H2,2H3. The van der Waals surface area contributed by atoms with Crippen LogP contribution in [0.1, 0.15) is 49.1 Å². The molecule has 0 bridgehead atoms. The van der Waals surface area contributed by atoms with E-state index in [0.29, 0.717) is 11.1 Å². The number of halogens is 1. The summed E-state index contributed by atoms with van der Waals surface area (Å²) in [5, 5.41) is 0.473. The minimum Gasteiger partial charge on any atom is -0.302 e. The molecule has 1 saturated carbocycles. The first-order chi connectivity index (χ1) is 11.2. The van der Waals surface area contributed by atoms with Crippen molar-refractivity contribution in [1.82, 2.24) is 9.97 Å². The van der Waals surface area contributed by atoms with Crippen LogP contribution < -0.4 is 4.90 Å². The summed E-state index contributed by atoms with van der Waals surface area (Å²) in [5.41, 5.74) is 3.33. The molecule has 1 heterocycles. The van der Waals surface area contributed by atoms with Gasteiger partial charge >= 0.3 is 0 Å². The molecule has 3 rings (SSSR count). The molecule has 1 aliphatic carbocycles. The molecule has 0 radical (unpaired) electrons. The van der Waals surface area contributed by atoms with Crippen LogP contribution in [0.15, 0.2) is 43.4 Å². The van der Waals surface area contributed by atoms with E-state index in [1.54, 1.807) is 6.20 Å². The summed E-state index contributed by atoms with van der Waals surface area (Å²) in [5.74, 6) is 1.48. The zero-order valence-corrected chi connectivity index (χ0v) is 14.3. The maximum atomic E-state index is 6.12. The van der Waals surface area contributed by atoms with E-state index in [1.807, 2.05) is 11.8 Å². The molecule has 3 nitrogen and oxygen atoms in total. The Morgan fingerprint density at radius 3 is 2.48 bits per heavy atom. The van der Waals surface area contributed by atoms with Crippen LogP contribution >= 0.6 is 11.6 Å². The first-order valence-corrected chi connectivity index (χ1v) is 8.57. The van der Waals surface area contributed by atoms with E-state index < -0.39 is 0 Å². The SMILES string of the molecule is C=CN(c1ccc(C2CCCCC2)cc1)c1ncnc(Cl)c1C. The normalized spacial score (nSPS) is 15.4. The lowest BCUT2D eigenvalue weighted by molar-refractivity contribution is 0.443. The highest BCUT2D eigenvalue weighted by Gasteiger charge is 2.17. The second kappa shape index (κ2) is 7.14. The average molecular weight is 328 g/mol. The molecular weight excluding hydrogens is 306 g/mol. The number of hydrogen-bond donors (Lipinski definition) is 0. The second-order valence-electron chi connectivity index (χ2n) is 6.09. The Kier molecular flexibility index (Phi) is 4.97. The third kappa shape index (κ3) is 3.40. The smallest absolute Gasteiger partial charge is 0.144 e. The Morgan fingerprint density at radius 1 is 1.13 bits per heavy atom. The Bertz CT molecular complexity index is 676. The molecule has 1 fully saturated rings. The first-order valence-electron chi connectivity index (χ1n) is 8.19. The van der Waals surface area contributed by atoms with E-state index in [-0.39, 0.29) is 0 Å². The van der Waals surface area contributed by atoms with Crippen molar-refractivity contribution in [2.75, 3.05) is 4.90 Å². The minimum absolute atomic E-state index is 0.473. The van der Waals surface area contributed by atoms with Gasteiger partial charge < -0.3 is 4.90 Å². The van der Waals surface area contributed by atoms with Crippen molar-refractivity contribution in [2.24, 2.45) is 0 Å².